The number of benzene rings is 3. The van der Waals surface area contributed by atoms with Crippen LogP contribution in [0.3, 0.4) is 0 Å². The van der Waals surface area contributed by atoms with Crippen molar-refractivity contribution in [1.82, 2.24) is 4.98 Å². The van der Waals surface area contributed by atoms with Crippen molar-refractivity contribution in [2.45, 2.75) is 19.6 Å². The topological polar surface area (TPSA) is 89.0 Å². The highest BCUT2D eigenvalue weighted by atomic mass is 32.1. The van der Waals surface area contributed by atoms with Gasteiger partial charge >= 0.3 is 5.91 Å². The van der Waals surface area contributed by atoms with Crippen LogP contribution in [0.15, 0.2) is 96.0 Å². The van der Waals surface area contributed by atoms with Crippen molar-refractivity contribution in [3.8, 4) is 11.5 Å². The van der Waals surface area contributed by atoms with Gasteiger partial charge in [0.15, 0.2) is 5.13 Å². The first-order chi connectivity index (χ1) is 18.1. The number of aromatic nitrogens is 1. The van der Waals surface area contributed by atoms with Crippen LogP contribution in [0.4, 0.5) is 5.13 Å². The summed E-state index contributed by atoms with van der Waals surface area (Å²) in [6.45, 7) is 2.75. The molecule has 1 amide bonds. The number of aliphatic hydroxyl groups excluding tert-OH is 1. The zero-order valence-electron chi connectivity index (χ0n) is 20.0. The highest BCUT2D eigenvalue weighted by molar-refractivity contribution is 7.14. The molecule has 0 aliphatic carbocycles. The Kier molecular flexibility index (Phi) is 7.00. The summed E-state index contributed by atoms with van der Waals surface area (Å²) in [5.74, 6) is -0.569. The molecule has 1 saturated heterocycles. The smallest absolute Gasteiger partial charge is 0.301 e. The molecule has 0 spiro atoms. The van der Waals surface area contributed by atoms with E-state index in [1.807, 2.05) is 43.3 Å². The highest BCUT2D eigenvalue weighted by Gasteiger charge is 2.48. The largest absolute Gasteiger partial charge is 0.507 e. The second kappa shape index (κ2) is 10.7. The average Bonchev–Trinajstić information content (AvgIpc) is 3.55. The van der Waals surface area contributed by atoms with Gasteiger partial charge in [0, 0.05) is 17.1 Å². The molecule has 1 N–H and O–H groups in total. The monoisotopic (exact) mass is 512 g/mol. The number of hydrogen-bond donors (Lipinski definition) is 1. The third-order valence-electron chi connectivity index (χ3n) is 5.93. The van der Waals surface area contributed by atoms with Crippen LogP contribution in [0.25, 0.3) is 5.76 Å². The van der Waals surface area contributed by atoms with Crippen LogP contribution in [0.1, 0.15) is 29.7 Å². The molecular formula is C29H24N2O5S. The first-order valence-corrected chi connectivity index (χ1v) is 12.6. The number of nitrogens with zero attached hydrogens (tertiary/aromatic N) is 2. The molecule has 1 aromatic heterocycles. The van der Waals surface area contributed by atoms with E-state index in [0.29, 0.717) is 41.0 Å². The van der Waals surface area contributed by atoms with Gasteiger partial charge in [0.25, 0.3) is 5.78 Å². The molecule has 7 nitrogen and oxygen atoms in total. The van der Waals surface area contributed by atoms with Crippen LogP contribution in [-0.4, -0.2) is 28.4 Å². The first-order valence-electron chi connectivity index (χ1n) is 11.8. The molecule has 0 bridgehead atoms. The average molecular weight is 513 g/mol. The van der Waals surface area contributed by atoms with Crippen molar-refractivity contribution in [3.63, 3.8) is 0 Å². The molecule has 4 aromatic rings. The normalized spacial score (nSPS) is 16.7. The highest BCUT2D eigenvalue weighted by Crippen LogP contribution is 2.43. The Hall–Kier alpha value is -4.43. The van der Waals surface area contributed by atoms with Crippen molar-refractivity contribution >= 4 is 33.9 Å². The van der Waals surface area contributed by atoms with E-state index in [4.69, 9.17) is 9.47 Å². The molecule has 3 aromatic carbocycles. The van der Waals surface area contributed by atoms with E-state index >= 15 is 0 Å². The Morgan fingerprint density at radius 2 is 1.76 bits per heavy atom. The van der Waals surface area contributed by atoms with Crippen LogP contribution in [0, 0.1) is 0 Å². The molecule has 186 valence electrons. The van der Waals surface area contributed by atoms with Crippen LogP contribution in [0.2, 0.25) is 0 Å². The maximum absolute atomic E-state index is 13.3. The van der Waals surface area contributed by atoms with E-state index in [1.54, 1.807) is 54.0 Å². The number of hydrogen-bond acceptors (Lipinski definition) is 7. The van der Waals surface area contributed by atoms with Gasteiger partial charge in [-0.25, -0.2) is 4.98 Å². The van der Waals surface area contributed by atoms with Crippen molar-refractivity contribution < 1.29 is 24.2 Å². The third-order valence-corrected chi connectivity index (χ3v) is 6.70. The van der Waals surface area contributed by atoms with Gasteiger partial charge < -0.3 is 14.6 Å². The third kappa shape index (κ3) is 4.96. The Balaban J connectivity index is 1.56. The molecule has 1 aliphatic heterocycles. The summed E-state index contributed by atoms with van der Waals surface area (Å²) in [5.41, 5.74) is 2.02. The molecule has 37 heavy (non-hydrogen) atoms. The molecule has 8 heteroatoms. The molecule has 1 atom stereocenters. The van der Waals surface area contributed by atoms with Gasteiger partial charge in [0.1, 0.15) is 23.9 Å². The van der Waals surface area contributed by atoms with E-state index in [9.17, 15) is 14.7 Å². The molecule has 1 aliphatic rings. The minimum atomic E-state index is -0.877. The Bertz CT molecular complexity index is 1430. The van der Waals surface area contributed by atoms with Crippen molar-refractivity contribution in [2.75, 3.05) is 11.5 Å². The zero-order valence-corrected chi connectivity index (χ0v) is 20.9. The van der Waals surface area contributed by atoms with E-state index < -0.39 is 17.7 Å². The lowest BCUT2D eigenvalue weighted by atomic mass is 9.95. The number of amides is 1. The number of thiazole rings is 1. The second-order valence-corrected chi connectivity index (χ2v) is 9.16. The molecule has 0 radical (unpaired) electrons. The fraction of sp³-hybridized carbons (Fsp3) is 0.138. The SMILES string of the molecule is CCOc1ccc(C(O)=C2C(=O)C(=O)N(c3nccs3)C2c2cccc(OCc3ccccc3)c2)cc1. The lowest BCUT2D eigenvalue weighted by Crippen LogP contribution is -2.29. The molecule has 1 unspecified atom stereocenters. The van der Waals surface area contributed by atoms with Crippen LogP contribution < -0.4 is 14.4 Å². The number of ether oxygens (including phenoxy) is 2. The summed E-state index contributed by atoms with van der Waals surface area (Å²) in [6.07, 6.45) is 1.57. The van der Waals surface area contributed by atoms with Crippen molar-refractivity contribution in [3.05, 3.63) is 113 Å². The van der Waals surface area contributed by atoms with Gasteiger partial charge in [-0.2, -0.15) is 0 Å². The summed E-state index contributed by atoms with van der Waals surface area (Å²) >= 11 is 1.24. The maximum Gasteiger partial charge on any atom is 0.301 e. The van der Waals surface area contributed by atoms with Crippen LogP contribution in [-0.2, 0) is 16.2 Å². The number of carbonyl (C=O) groups excluding carboxylic acids is 2. The summed E-state index contributed by atoms with van der Waals surface area (Å²) in [7, 11) is 0. The maximum atomic E-state index is 13.3. The molecule has 5 rings (SSSR count). The predicted octanol–water partition coefficient (Wildman–Crippen LogP) is 5.75. The van der Waals surface area contributed by atoms with Crippen molar-refractivity contribution in [1.29, 1.82) is 0 Å². The number of aliphatic hydroxyl groups is 1. The van der Waals surface area contributed by atoms with Gasteiger partial charge in [0.2, 0.25) is 0 Å². The fourth-order valence-corrected chi connectivity index (χ4v) is 4.89. The van der Waals surface area contributed by atoms with E-state index in [1.165, 1.54) is 16.2 Å². The standard InChI is InChI=1S/C29H24N2O5S/c1-2-35-22-13-11-20(12-14-22)26(32)24-25(31(28(34)27(24)33)29-30-15-16-37-29)21-9-6-10-23(17-21)36-18-19-7-4-3-5-8-19/h3-17,25,32H,2,18H2,1H3. The predicted molar refractivity (Wildman–Crippen MR) is 142 cm³/mol. The van der Waals surface area contributed by atoms with Gasteiger partial charge in [0.05, 0.1) is 18.2 Å². The first kappa shape index (κ1) is 24.3. The van der Waals surface area contributed by atoms with Crippen LogP contribution >= 0.6 is 11.3 Å². The Labute approximate surface area is 218 Å². The summed E-state index contributed by atoms with van der Waals surface area (Å²) < 4.78 is 11.5. The van der Waals surface area contributed by atoms with E-state index in [0.717, 1.165) is 5.56 Å². The van der Waals surface area contributed by atoms with E-state index in [2.05, 4.69) is 4.98 Å². The molecule has 0 saturated carbocycles. The number of Topliss-reactive ketones (excluding diaryl/α,β-unsaturated/α-hetero) is 1. The Morgan fingerprint density at radius 3 is 2.46 bits per heavy atom. The van der Waals surface area contributed by atoms with Crippen molar-refractivity contribution in [2.24, 2.45) is 0 Å². The lowest BCUT2D eigenvalue weighted by Gasteiger charge is -2.23. The summed E-state index contributed by atoms with van der Waals surface area (Å²) in [6, 6.07) is 22.8. The lowest BCUT2D eigenvalue weighted by molar-refractivity contribution is -0.132. The van der Waals surface area contributed by atoms with E-state index in [-0.39, 0.29) is 11.3 Å². The summed E-state index contributed by atoms with van der Waals surface area (Å²) in [5, 5.41) is 13.4. The minimum absolute atomic E-state index is 0.00966. The summed E-state index contributed by atoms with van der Waals surface area (Å²) in [4.78, 5) is 32.1. The van der Waals surface area contributed by atoms with Gasteiger partial charge in [-0.1, -0.05) is 42.5 Å². The quantitative estimate of drug-likeness (QED) is 0.184. The van der Waals surface area contributed by atoms with Gasteiger partial charge in [-0.15, -0.1) is 11.3 Å². The van der Waals surface area contributed by atoms with Crippen LogP contribution in [0.5, 0.6) is 11.5 Å². The number of carbonyl (C=O) groups is 2. The number of ketones is 1. The molecule has 2 heterocycles. The second-order valence-electron chi connectivity index (χ2n) is 8.29. The number of rotatable bonds is 8. The zero-order chi connectivity index (χ0) is 25.8. The fourth-order valence-electron chi connectivity index (χ4n) is 4.23. The molecular weight excluding hydrogens is 488 g/mol. The minimum Gasteiger partial charge on any atom is -0.507 e. The Morgan fingerprint density at radius 1 is 0.973 bits per heavy atom. The molecule has 1 fully saturated rings. The number of anilines is 1. The van der Waals surface area contributed by atoms with Gasteiger partial charge in [-0.05, 0) is 54.4 Å². The van der Waals surface area contributed by atoms with Gasteiger partial charge in [-0.3, -0.25) is 14.5 Å².